The molecule has 0 aliphatic carbocycles. The van der Waals surface area contributed by atoms with E-state index in [1.165, 1.54) is 0 Å². The first-order chi connectivity index (χ1) is 6.03. The highest BCUT2D eigenvalue weighted by molar-refractivity contribution is 4.82. The lowest BCUT2D eigenvalue weighted by Crippen LogP contribution is -2.41. The second kappa shape index (κ2) is 4.40. The minimum atomic E-state index is 0.224. The van der Waals surface area contributed by atoms with Crippen molar-refractivity contribution < 1.29 is 9.84 Å². The zero-order chi connectivity index (χ0) is 9.90. The number of hydrogen-bond acceptors (Lipinski definition) is 3. The summed E-state index contributed by atoms with van der Waals surface area (Å²) in [5, 5.41) is 12.5. The van der Waals surface area contributed by atoms with Gasteiger partial charge < -0.3 is 15.2 Å². The third kappa shape index (κ3) is 3.63. The van der Waals surface area contributed by atoms with E-state index in [4.69, 9.17) is 9.84 Å². The number of aliphatic hydroxyl groups is 1. The van der Waals surface area contributed by atoms with Gasteiger partial charge in [0.25, 0.3) is 0 Å². The van der Waals surface area contributed by atoms with Crippen molar-refractivity contribution in [3.05, 3.63) is 0 Å². The van der Waals surface area contributed by atoms with E-state index in [0.717, 1.165) is 13.2 Å². The van der Waals surface area contributed by atoms with Gasteiger partial charge in [0.15, 0.2) is 0 Å². The van der Waals surface area contributed by atoms with Gasteiger partial charge in [-0.15, -0.1) is 0 Å². The van der Waals surface area contributed by atoms with Gasteiger partial charge in [-0.25, -0.2) is 0 Å². The first kappa shape index (κ1) is 11.0. The summed E-state index contributed by atoms with van der Waals surface area (Å²) in [5.74, 6) is 0.280. The van der Waals surface area contributed by atoms with E-state index < -0.39 is 0 Å². The summed E-state index contributed by atoms with van der Waals surface area (Å²) >= 11 is 0. The summed E-state index contributed by atoms with van der Waals surface area (Å²) < 4.78 is 5.30. The standard InChI is InChI=1S/C10H21NO2/c1-10(2,3)7-11-9-6-13-5-8(9)4-12/h8-9,11-12H,4-7H2,1-3H3/t8-,9?/m1/s1. The summed E-state index contributed by atoms with van der Waals surface area (Å²) in [6.07, 6.45) is 0. The Morgan fingerprint density at radius 3 is 2.62 bits per heavy atom. The maximum absolute atomic E-state index is 9.05. The highest BCUT2D eigenvalue weighted by Crippen LogP contribution is 2.16. The molecule has 1 fully saturated rings. The molecule has 0 bridgehead atoms. The summed E-state index contributed by atoms with van der Waals surface area (Å²) in [7, 11) is 0. The van der Waals surface area contributed by atoms with Gasteiger partial charge in [0.1, 0.15) is 0 Å². The van der Waals surface area contributed by atoms with Crippen molar-refractivity contribution in [1.29, 1.82) is 0 Å². The van der Waals surface area contributed by atoms with Gasteiger partial charge >= 0.3 is 0 Å². The Balaban J connectivity index is 2.28. The number of aliphatic hydroxyl groups excluding tert-OH is 1. The molecule has 2 atom stereocenters. The minimum absolute atomic E-state index is 0.224. The number of hydrogen-bond donors (Lipinski definition) is 2. The van der Waals surface area contributed by atoms with E-state index in [-0.39, 0.29) is 12.5 Å². The molecule has 3 nitrogen and oxygen atoms in total. The highest BCUT2D eigenvalue weighted by Gasteiger charge is 2.27. The first-order valence-electron chi connectivity index (χ1n) is 4.95. The van der Waals surface area contributed by atoms with Gasteiger partial charge in [-0.2, -0.15) is 0 Å². The SMILES string of the molecule is CC(C)(C)CNC1COC[C@H]1CO. The van der Waals surface area contributed by atoms with Gasteiger partial charge in [-0.3, -0.25) is 0 Å². The van der Waals surface area contributed by atoms with Crippen molar-refractivity contribution in [1.82, 2.24) is 5.32 Å². The molecule has 1 heterocycles. The Morgan fingerprint density at radius 1 is 1.38 bits per heavy atom. The van der Waals surface area contributed by atoms with Crippen LogP contribution in [0.3, 0.4) is 0 Å². The number of ether oxygens (including phenoxy) is 1. The van der Waals surface area contributed by atoms with Crippen LogP contribution in [0.1, 0.15) is 20.8 Å². The number of rotatable bonds is 3. The lowest BCUT2D eigenvalue weighted by Gasteiger charge is -2.24. The van der Waals surface area contributed by atoms with Gasteiger partial charge in [0, 0.05) is 25.1 Å². The minimum Gasteiger partial charge on any atom is -0.396 e. The van der Waals surface area contributed by atoms with Crippen molar-refractivity contribution in [2.24, 2.45) is 11.3 Å². The molecule has 0 saturated carbocycles. The second-order valence-corrected chi connectivity index (χ2v) is 5.03. The van der Waals surface area contributed by atoms with Gasteiger partial charge in [0.05, 0.1) is 13.2 Å². The quantitative estimate of drug-likeness (QED) is 0.681. The van der Waals surface area contributed by atoms with Crippen molar-refractivity contribution >= 4 is 0 Å². The first-order valence-corrected chi connectivity index (χ1v) is 4.95. The van der Waals surface area contributed by atoms with Gasteiger partial charge in [-0.05, 0) is 5.41 Å². The summed E-state index contributed by atoms with van der Waals surface area (Å²) in [6.45, 7) is 9.22. The van der Waals surface area contributed by atoms with E-state index in [1.807, 2.05) is 0 Å². The Kier molecular flexibility index (Phi) is 3.71. The zero-order valence-corrected chi connectivity index (χ0v) is 8.84. The fourth-order valence-corrected chi connectivity index (χ4v) is 1.44. The summed E-state index contributed by atoms with van der Waals surface area (Å²) in [6, 6.07) is 0.337. The third-order valence-electron chi connectivity index (χ3n) is 2.33. The Bertz CT molecular complexity index is 153. The Morgan fingerprint density at radius 2 is 2.08 bits per heavy atom. The fourth-order valence-electron chi connectivity index (χ4n) is 1.44. The predicted molar refractivity (Wildman–Crippen MR) is 52.6 cm³/mol. The Labute approximate surface area is 80.5 Å². The van der Waals surface area contributed by atoms with E-state index in [0.29, 0.717) is 18.1 Å². The lowest BCUT2D eigenvalue weighted by molar-refractivity contribution is 0.160. The van der Waals surface area contributed by atoms with Crippen LogP contribution in [-0.4, -0.2) is 37.5 Å². The molecule has 0 aromatic rings. The molecule has 13 heavy (non-hydrogen) atoms. The number of nitrogens with one attached hydrogen (secondary N) is 1. The molecule has 1 aliphatic rings. The smallest absolute Gasteiger partial charge is 0.0624 e. The molecule has 0 aromatic heterocycles. The van der Waals surface area contributed by atoms with Crippen LogP contribution in [0.25, 0.3) is 0 Å². The van der Waals surface area contributed by atoms with Crippen molar-refractivity contribution in [3.8, 4) is 0 Å². The maximum Gasteiger partial charge on any atom is 0.0624 e. The van der Waals surface area contributed by atoms with Crippen LogP contribution in [0.15, 0.2) is 0 Å². The highest BCUT2D eigenvalue weighted by atomic mass is 16.5. The average molecular weight is 187 g/mol. The molecule has 0 amide bonds. The van der Waals surface area contributed by atoms with Crippen LogP contribution in [0.5, 0.6) is 0 Å². The van der Waals surface area contributed by atoms with Crippen LogP contribution < -0.4 is 5.32 Å². The zero-order valence-electron chi connectivity index (χ0n) is 8.84. The third-order valence-corrected chi connectivity index (χ3v) is 2.33. The molecule has 0 aromatic carbocycles. The average Bonchev–Trinajstić information content (AvgIpc) is 2.46. The molecule has 2 N–H and O–H groups in total. The fraction of sp³-hybridized carbons (Fsp3) is 1.00. The lowest BCUT2D eigenvalue weighted by atomic mass is 9.95. The van der Waals surface area contributed by atoms with Crippen molar-refractivity contribution in [3.63, 3.8) is 0 Å². The van der Waals surface area contributed by atoms with Crippen LogP contribution in [0.4, 0.5) is 0 Å². The molecular weight excluding hydrogens is 166 g/mol. The normalized spacial score (nSPS) is 29.5. The molecule has 1 saturated heterocycles. The van der Waals surface area contributed by atoms with E-state index >= 15 is 0 Å². The maximum atomic E-state index is 9.05. The van der Waals surface area contributed by atoms with Crippen LogP contribution in [0.2, 0.25) is 0 Å². The van der Waals surface area contributed by atoms with E-state index in [1.54, 1.807) is 0 Å². The van der Waals surface area contributed by atoms with Crippen LogP contribution in [-0.2, 0) is 4.74 Å². The molecule has 78 valence electrons. The molecule has 3 heteroatoms. The van der Waals surface area contributed by atoms with Crippen LogP contribution in [0, 0.1) is 11.3 Å². The Hall–Kier alpha value is -0.120. The molecule has 1 unspecified atom stereocenters. The van der Waals surface area contributed by atoms with E-state index in [9.17, 15) is 0 Å². The van der Waals surface area contributed by atoms with Crippen LogP contribution >= 0.6 is 0 Å². The molecular formula is C10H21NO2. The monoisotopic (exact) mass is 187 g/mol. The second-order valence-electron chi connectivity index (χ2n) is 5.03. The predicted octanol–water partition coefficient (Wildman–Crippen LogP) is 0.629. The molecule has 0 spiro atoms. The van der Waals surface area contributed by atoms with Gasteiger partial charge in [-0.1, -0.05) is 20.8 Å². The topological polar surface area (TPSA) is 41.5 Å². The molecule has 0 radical (unpaired) electrons. The molecule has 1 rings (SSSR count). The van der Waals surface area contributed by atoms with E-state index in [2.05, 4.69) is 26.1 Å². The molecule has 1 aliphatic heterocycles. The van der Waals surface area contributed by atoms with Gasteiger partial charge in [0.2, 0.25) is 0 Å². The van der Waals surface area contributed by atoms with Crippen molar-refractivity contribution in [2.45, 2.75) is 26.8 Å². The summed E-state index contributed by atoms with van der Waals surface area (Å²) in [5.41, 5.74) is 0.294. The largest absolute Gasteiger partial charge is 0.396 e. The van der Waals surface area contributed by atoms with Crippen molar-refractivity contribution in [2.75, 3.05) is 26.4 Å². The summed E-state index contributed by atoms with van der Waals surface area (Å²) in [4.78, 5) is 0.